The van der Waals surface area contributed by atoms with Crippen LogP contribution >= 0.6 is 11.6 Å². The summed E-state index contributed by atoms with van der Waals surface area (Å²) >= 11 is 5.97. The Morgan fingerprint density at radius 2 is 2.00 bits per heavy atom. The number of aliphatic hydroxyl groups is 2. The molecule has 30 heavy (non-hydrogen) atoms. The zero-order chi connectivity index (χ0) is 20.8. The number of fused-ring (bicyclic) bond motifs is 2. The Balaban J connectivity index is 1.33. The number of benzene rings is 1. The number of hydrogen-bond donors (Lipinski definition) is 3. The smallest absolute Gasteiger partial charge is 0.145 e. The van der Waals surface area contributed by atoms with Crippen molar-refractivity contribution in [1.82, 2.24) is 19.5 Å². The van der Waals surface area contributed by atoms with Crippen LogP contribution in [-0.4, -0.2) is 48.5 Å². The normalized spacial score (nSPS) is 24.0. The van der Waals surface area contributed by atoms with Crippen LogP contribution in [0, 0.1) is 5.92 Å². The predicted octanol–water partition coefficient (Wildman–Crippen LogP) is 2.58. The van der Waals surface area contributed by atoms with Gasteiger partial charge in [-0.15, -0.1) is 0 Å². The fourth-order valence-corrected chi connectivity index (χ4v) is 4.33. The summed E-state index contributed by atoms with van der Waals surface area (Å²) in [6.45, 7) is 0.268. The molecule has 9 heteroatoms. The molecule has 0 radical (unpaired) electrons. The van der Waals surface area contributed by atoms with Crippen molar-refractivity contribution in [2.24, 2.45) is 5.92 Å². The molecular weight excluding hydrogens is 406 g/mol. The van der Waals surface area contributed by atoms with Crippen LogP contribution < -0.4 is 10.5 Å². The highest BCUT2D eigenvalue weighted by Gasteiger charge is 2.43. The summed E-state index contributed by atoms with van der Waals surface area (Å²) in [5.41, 5.74) is 7.32. The van der Waals surface area contributed by atoms with Gasteiger partial charge in [0.25, 0.3) is 0 Å². The Bertz CT molecular complexity index is 1230. The Morgan fingerprint density at radius 3 is 2.87 bits per heavy atom. The van der Waals surface area contributed by atoms with E-state index in [1.54, 1.807) is 6.20 Å². The van der Waals surface area contributed by atoms with E-state index in [4.69, 9.17) is 22.1 Å². The topological polar surface area (TPSA) is 119 Å². The van der Waals surface area contributed by atoms with Gasteiger partial charge in [-0.05, 0) is 30.7 Å². The van der Waals surface area contributed by atoms with Crippen LogP contribution in [0.4, 0.5) is 5.82 Å². The lowest BCUT2D eigenvalue weighted by atomic mass is 10.1. The first-order valence-electron chi connectivity index (χ1n) is 9.62. The molecule has 4 atom stereocenters. The fraction of sp³-hybridized carbons (Fsp3) is 0.286. The maximum absolute atomic E-state index is 10.7. The number of ether oxygens (including phenoxy) is 1. The van der Waals surface area contributed by atoms with E-state index in [1.165, 1.54) is 6.33 Å². The summed E-state index contributed by atoms with van der Waals surface area (Å²) in [5.74, 6) is 0.794. The first kappa shape index (κ1) is 19.0. The van der Waals surface area contributed by atoms with Gasteiger partial charge in [0.05, 0.1) is 34.7 Å². The molecule has 5 rings (SSSR count). The zero-order valence-electron chi connectivity index (χ0n) is 15.9. The molecule has 0 amide bonds. The molecule has 4 aromatic rings. The summed E-state index contributed by atoms with van der Waals surface area (Å²) in [7, 11) is 0. The van der Waals surface area contributed by atoms with Crippen LogP contribution in [0.1, 0.15) is 12.5 Å². The summed E-state index contributed by atoms with van der Waals surface area (Å²) in [5, 5.41) is 23.5. The second-order valence-corrected chi connectivity index (χ2v) is 8.02. The highest BCUT2D eigenvalue weighted by molar-refractivity contribution is 6.31. The van der Waals surface area contributed by atoms with Crippen molar-refractivity contribution in [1.29, 1.82) is 0 Å². The van der Waals surface area contributed by atoms with Crippen LogP contribution in [-0.2, 0) is 0 Å². The molecule has 3 aromatic heterocycles. The summed E-state index contributed by atoms with van der Waals surface area (Å²) in [6.07, 6.45) is 3.49. The van der Waals surface area contributed by atoms with Gasteiger partial charge >= 0.3 is 0 Å². The SMILES string of the molecule is Nc1ncnc2c1ccn2[C@@H]1C[C@H](COc2ccc3cc(Cl)cnc3c2)[C@@H](O)[C@H]1O. The number of nitrogens with two attached hydrogens (primary N) is 1. The average Bonchev–Trinajstić information content (AvgIpc) is 3.29. The molecule has 4 N–H and O–H groups in total. The van der Waals surface area contributed by atoms with Crippen molar-refractivity contribution >= 4 is 39.4 Å². The molecule has 154 valence electrons. The van der Waals surface area contributed by atoms with Crippen molar-refractivity contribution in [2.45, 2.75) is 24.7 Å². The van der Waals surface area contributed by atoms with E-state index < -0.39 is 12.2 Å². The van der Waals surface area contributed by atoms with Crippen molar-refractivity contribution < 1.29 is 14.9 Å². The number of aromatic nitrogens is 4. The number of rotatable bonds is 4. The molecule has 1 aromatic carbocycles. The van der Waals surface area contributed by atoms with Gasteiger partial charge < -0.3 is 25.3 Å². The van der Waals surface area contributed by atoms with Crippen molar-refractivity contribution in [2.75, 3.05) is 12.3 Å². The Labute approximate surface area is 176 Å². The van der Waals surface area contributed by atoms with Gasteiger partial charge in [-0.3, -0.25) is 4.98 Å². The first-order valence-corrected chi connectivity index (χ1v) is 10.0. The Morgan fingerprint density at radius 1 is 1.13 bits per heavy atom. The second kappa shape index (κ2) is 7.39. The van der Waals surface area contributed by atoms with E-state index in [0.717, 1.165) is 16.3 Å². The van der Waals surface area contributed by atoms with Crippen molar-refractivity contribution in [3.05, 3.63) is 54.1 Å². The van der Waals surface area contributed by atoms with E-state index in [1.807, 2.05) is 41.1 Å². The molecule has 1 aliphatic carbocycles. The van der Waals surface area contributed by atoms with Gasteiger partial charge in [-0.2, -0.15) is 0 Å². The van der Waals surface area contributed by atoms with Crippen LogP contribution in [0.25, 0.3) is 21.9 Å². The minimum Gasteiger partial charge on any atom is -0.493 e. The lowest BCUT2D eigenvalue weighted by Crippen LogP contribution is -2.31. The molecule has 0 unspecified atom stereocenters. The minimum atomic E-state index is -0.939. The van der Waals surface area contributed by atoms with Crippen molar-refractivity contribution in [3.8, 4) is 5.75 Å². The quantitative estimate of drug-likeness (QED) is 0.459. The number of pyridine rings is 1. The third kappa shape index (κ3) is 3.23. The lowest BCUT2D eigenvalue weighted by Gasteiger charge is -2.19. The maximum Gasteiger partial charge on any atom is 0.145 e. The van der Waals surface area contributed by atoms with E-state index in [-0.39, 0.29) is 18.6 Å². The lowest BCUT2D eigenvalue weighted by molar-refractivity contribution is -0.00141. The van der Waals surface area contributed by atoms with Crippen molar-refractivity contribution in [3.63, 3.8) is 0 Å². The molecular formula is C21H20ClN5O3. The first-order chi connectivity index (χ1) is 14.5. The summed E-state index contributed by atoms with van der Waals surface area (Å²) < 4.78 is 7.77. The summed E-state index contributed by atoms with van der Waals surface area (Å²) in [4.78, 5) is 12.6. The van der Waals surface area contributed by atoms with Crippen LogP contribution in [0.2, 0.25) is 5.02 Å². The standard InChI is InChI=1S/C21H20ClN5O3/c22-13-5-11-1-2-14(7-16(11)24-8-13)30-9-12-6-17(19(29)18(12)28)27-4-3-15-20(23)25-10-26-21(15)27/h1-5,7-8,10,12,17-19,28-29H,6,9H2,(H2,23,25,26)/t12-,17-,18-,19+/m1/s1. The highest BCUT2D eigenvalue weighted by atomic mass is 35.5. The molecule has 1 aliphatic rings. The van der Waals surface area contributed by atoms with Gasteiger partial charge in [0.1, 0.15) is 29.6 Å². The number of hydrogen-bond acceptors (Lipinski definition) is 7. The largest absolute Gasteiger partial charge is 0.493 e. The molecule has 3 heterocycles. The molecule has 0 bridgehead atoms. The monoisotopic (exact) mass is 425 g/mol. The second-order valence-electron chi connectivity index (χ2n) is 7.58. The summed E-state index contributed by atoms with van der Waals surface area (Å²) in [6, 6.07) is 8.90. The van der Waals surface area contributed by atoms with E-state index >= 15 is 0 Å². The molecule has 8 nitrogen and oxygen atoms in total. The predicted molar refractivity (Wildman–Crippen MR) is 113 cm³/mol. The molecule has 0 spiro atoms. The fourth-order valence-electron chi connectivity index (χ4n) is 4.17. The Kier molecular flexibility index (Phi) is 4.69. The third-order valence-corrected chi connectivity index (χ3v) is 5.96. The molecule has 1 fully saturated rings. The number of anilines is 1. The van der Waals surface area contributed by atoms with Crippen LogP contribution in [0.15, 0.2) is 49.1 Å². The van der Waals surface area contributed by atoms with Gasteiger partial charge in [0.15, 0.2) is 0 Å². The molecule has 0 saturated heterocycles. The number of halogens is 1. The van der Waals surface area contributed by atoms with Gasteiger partial charge in [0, 0.05) is 29.8 Å². The van der Waals surface area contributed by atoms with Gasteiger partial charge in [0.2, 0.25) is 0 Å². The molecule has 0 aliphatic heterocycles. The highest BCUT2D eigenvalue weighted by Crippen LogP contribution is 2.38. The van der Waals surface area contributed by atoms with Gasteiger partial charge in [-0.1, -0.05) is 11.6 Å². The molecule has 1 saturated carbocycles. The average molecular weight is 426 g/mol. The van der Waals surface area contributed by atoms with Crippen LogP contribution in [0.3, 0.4) is 0 Å². The zero-order valence-corrected chi connectivity index (χ0v) is 16.6. The number of aliphatic hydroxyl groups excluding tert-OH is 2. The van der Waals surface area contributed by atoms with Crippen LogP contribution in [0.5, 0.6) is 5.75 Å². The van der Waals surface area contributed by atoms with E-state index in [2.05, 4.69) is 15.0 Å². The Hall–Kier alpha value is -2.94. The number of nitrogens with zero attached hydrogens (tertiary/aromatic N) is 4. The van der Waals surface area contributed by atoms with Gasteiger partial charge in [-0.25, -0.2) is 9.97 Å². The van der Waals surface area contributed by atoms with E-state index in [0.29, 0.717) is 28.7 Å². The van der Waals surface area contributed by atoms with E-state index in [9.17, 15) is 10.2 Å². The number of nitrogen functional groups attached to an aromatic ring is 1. The maximum atomic E-state index is 10.7. The third-order valence-electron chi connectivity index (χ3n) is 5.76. The minimum absolute atomic E-state index is 0.240.